The molecule has 0 bridgehead atoms. The number of benzene rings is 1. The van der Waals surface area contributed by atoms with Crippen LogP contribution in [-0.2, 0) is 12.7 Å². The van der Waals surface area contributed by atoms with Crippen molar-refractivity contribution in [2.24, 2.45) is 0 Å². The molecule has 2 aromatic rings. The minimum Gasteiger partial charge on any atom is -0.508 e. The van der Waals surface area contributed by atoms with Gasteiger partial charge >= 0.3 is 6.18 Å². The molecule has 3 nitrogen and oxygen atoms in total. The van der Waals surface area contributed by atoms with E-state index < -0.39 is 11.9 Å². The zero-order chi connectivity index (χ0) is 14.8. The predicted octanol–water partition coefficient (Wildman–Crippen LogP) is 3.64. The highest BCUT2D eigenvalue weighted by Gasteiger charge is 2.37. The number of alkyl halides is 3. The summed E-state index contributed by atoms with van der Waals surface area (Å²) in [6.07, 6.45) is -4.46. The van der Waals surface area contributed by atoms with Crippen molar-refractivity contribution in [3.8, 4) is 16.3 Å². The Labute approximate surface area is 118 Å². The SMILES string of the molecule is CCNCc1sc(-c2ccc(O)cc2)nc1C(F)(F)F. The van der Waals surface area contributed by atoms with Crippen molar-refractivity contribution >= 4 is 11.3 Å². The van der Waals surface area contributed by atoms with Crippen LogP contribution in [0.1, 0.15) is 17.5 Å². The molecule has 7 heteroatoms. The minimum absolute atomic E-state index is 0.0641. The van der Waals surface area contributed by atoms with Crippen molar-refractivity contribution in [3.05, 3.63) is 34.8 Å². The van der Waals surface area contributed by atoms with Gasteiger partial charge in [-0.15, -0.1) is 11.3 Å². The van der Waals surface area contributed by atoms with E-state index in [0.717, 1.165) is 11.3 Å². The summed E-state index contributed by atoms with van der Waals surface area (Å²) in [7, 11) is 0. The maximum atomic E-state index is 12.9. The number of phenols is 1. The smallest absolute Gasteiger partial charge is 0.434 e. The number of halogens is 3. The number of thiazole rings is 1. The molecule has 1 heterocycles. The molecule has 2 rings (SSSR count). The van der Waals surface area contributed by atoms with Crippen LogP contribution in [0, 0.1) is 0 Å². The highest BCUT2D eigenvalue weighted by Crippen LogP contribution is 2.37. The highest BCUT2D eigenvalue weighted by molar-refractivity contribution is 7.15. The maximum Gasteiger partial charge on any atom is 0.434 e. The second kappa shape index (κ2) is 5.80. The first kappa shape index (κ1) is 14.8. The molecule has 2 N–H and O–H groups in total. The summed E-state index contributed by atoms with van der Waals surface area (Å²) < 4.78 is 38.8. The van der Waals surface area contributed by atoms with E-state index in [9.17, 15) is 18.3 Å². The fourth-order valence-corrected chi connectivity index (χ4v) is 2.72. The Morgan fingerprint density at radius 2 is 1.90 bits per heavy atom. The van der Waals surface area contributed by atoms with E-state index in [4.69, 9.17) is 0 Å². The Hall–Kier alpha value is -1.60. The number of nitrogens with zero attached hydrogens (tertiary/aromatic N) is 1. The first-order valence-corrected chi connectivity index (χ1v) is 6.80. The molecule has 0 radical (unpaired) electrons. The summed E-state index contributed by atoms with van der Waals surface area (Å²) in [4.78, 5) is 3.88. The number of nitrogens with one attached hydrogen (secondary N) is 1. The third-order valence-corrected chi connectivity index (χ3v) is 3.72. The van der Waals surface area contributed by atoms with Crippen molar-refractivity contribution in [1.82, 2.24) is 10.3 Å². The standard InChI is InChI=1S/C13H13F3N2OS/c1-2-17-7-10-11(13(14,15)16)18-12(20-10)8-3-5-9(19)6-4-8/h3-6,17,19H,2,7H2,1H3. The van der Waals surface area contributed by atoms with Crippen LogP contribution in [0.25, 0.3) is 10.6 Å². The molecular formula is C13H13F3N2OS. The molecule has 20 heavy (non-hydrogen) atoms. The average Bonchev–Trinajstić information content (AvgIpc) is 2.81. The Morgan fingerprint density at radius 3 is 2.45 bits per heavy atom. The van der Waals surface area contributed by atoms with Gasteiger partial charge in [0.1, 0.15) is 10.8 Å². The average molecular weight is 302 g/mol. The van der Waals surface area contributed by atoms with E-state index in [-0.39, 0.29) is 17.2 Å². The van der Waals surface area contributed by atoms with Crippen molar-refractivity contribution < 1.29 is 18.3 Å². The van der Waals surface area contributed by atoms with Crippen molar-refractivity contribution in [3.63, 3.8) is 0 Å². The van der Waals surface area contributed by atoms with Crippen LogP contribution >= 0.6 is 11.3 Å². The van der Waals surface area contributed by atoms with Gasteiger partial charge in [0.15, 0.2) is 5.69 Å². The molecule has 0 unspecified atom stereocenters. The van der Waals surface area contributed by atoms with Crippen LogP contribution in [0.4, 0.5) is 13.2 Å². The first-order valence-electron chi connectivity index (χ1n) is 5.99. The van der Waals surface area contributed by atoms with Crippen molar-refractivity contribution in [1.29, 1.82) is 0 Å². The molecule has 0 saturated carbocycles. The van der Waals surface area contributed by atoms with Crippen LogP contribution in [-0.4, -0.2) is 16.6 Å². The molecule has 1 aromatic heterocycles. The van der Waals surface area contributed by atoms with Gasteiger partial charge in [-0.2, -0.15) is 13.2 Å². The number of aromatic nitrogens is 1. The van der Waals surface area contributed by atoms with Crippen molar-refractivity contribution in [2.75, 3.05) is 6.54 Å². The summed E-state index contributed by atoms with van der Waals surface area (Å²) >= 11 is 1.01. The Kier molecular flexibility index (Phi) is 4.29. The Balaban J connectivity index is 2.40. The van der Waals surface area contributed by atoms with Gasteiger partial charge in [-0.3, -0.25) is 0 Å². The molecule has 0 aliphatic carbocycles. The molecule has 0 aliphatic rings. The van der Waals surface area contributed by atoms with Crippen LogP contribution in [0.2, 0.25) is 0 Å². The van der Waals surface area contributed by atoms with Gasteiger partial charge in [0.2, 0.25) is 0 Å². The summed E-state index contributed by atoms with van der Waals surface area (Å²) in [5.41, 5.74) is -0.285. The van der Waals surface area contributed by atoms with Gasteiger partial charge in [0.25, 0.3) is 0 Å². The van der Waals surface area contributed by atoms with Crippen molar-refractivity contribution in [2.45, 2.75) is 19.6 Å². The number of phenolic OH excluding ortho intramolecular Hbond substituents is 1. The third kappa shape index (κ3) is 3.29. The lowest BCUT2D eigenvalue weighted by Gasteiger charge is -2.05. The molecule has 108 valence electrons. The topological polar surface area (TPSA) is 45.1 Å². The van der Waals surface area contributed by atoms with Crippen LogP contribution in [0.5, 0.6) is 5.75 Å². The van der Waals surface area contributed by atoms with E-state index in [0.29, 0.717) is 17.1 Å². The van der Waals surface area contributed by atoms with Crippen LogP contribution in [0.15, 0.2) is 24.3 Å². The lowest BCUT2D eigenvalue weighted by atomic mass is 10.2. The summed E-state index contributed by atoms with van der Waals surface area (Å²) in [5.74, 6) is 0.0641. The minimum atomic E-state index is -4.46. The Bertz CT molecular complexity index is 578. The zero-order valence-corrected chi connectivity index (χ0v) is 11.5. The second-order valence-corrected chi connectivity index (χ2v) is 5.20. The van der Waals surface area contributed by atoms with Gasteiger partial charge in [-0.1, -0.05) is 6.92 Å². The Morgan fingerprint density at radius 1 is 1.25 bits per heavy atom. The van der Waals surface area contributed by atoms with E-state index in [2.05, 4.69) is 10.3 Å². The third-order valence-electron chi connectivity index (χ3n) is 2.62. The number of rotatable bonds is 4. The number of hydrogen-bond acceptors (Lipinski definition) is 4. The van der Waals surface area contributed by atoms with Gasteiger partial charge in [0, 0.05) is 12.1 Å². The second-order valence-electron chi connectivity index (χ2n) is 4.12. The van der Waals surface area contributed by atoms with E-state index >= 15 is 0 Å². The van der Waals surface area contributed by atoms with Crippen LogP contribution in [0.3, 0.4) is 0 Å². The zero-order valence-electron chi connectivity index (χ0n) is 10.7. The largest absolute Gasteiger partial charge is 0.508 e. The predicted molar refractivity (Wildman–Crippen MR) is 71.6 cm³/mol. The lowest BCUT2D eigenvalue weighted by Crippen LogP contribution is -2.15. The lowest BCUT2D eigenvalue weighted by molar-refractivity contribution is -0.141. The molecule has 0 saturated heterocycles. The van der Waals surface area contributed by atoms with Gasteiger partial charge in [-0.25, -0.2) is 4.98 Å². The number of aromatic hydroxyl groups is 1. The molecule has 0 atom stereocenters. The maximum absolute atomic E-state index is 12.9. The van der Waals surface area contributed by atoms with Gasteiger partial charge < -0.3 is 10.4 Å². The molecule has 1 aromatic carbocycles. The monoisotopic (exact) mass is 302 g/mol. The van der Waals surface area contributed by atoms with Gasteiger partial charge in [-0.05, 0) is 30.8 Å². The van der Waals surface area contributed by atoms with E-state index in [1.54, 1.807) is 12.1 Å². The van der Waals surface area contributed by atoms with E-state index in [1.807, 2.05) is 6.92 Å². The van der Waals surface area contributed by atoms with Crippen LogP contribution < -0.4 is 5.32 Å². The first-order chi connectivity index (χ1) is 9.41. The fourth-order valence-electron chi connectivity index (χ4n) is 1.66. The quantitative estimate of drug-likeness (QED) is 0.906. The normalized spacial score (nSPS) is 11.8. The highest BCUT2D eigenvalue weighted by atomic mass is 32.1. The molecule has 0 fully saturated rings. The molecule has 0 spiro atoms. The summed E-state index contributed by atoms with van der Waals surface area (Å²) in [6, 6.07) is 5.94. The number of hydrogen-bond donors (Lipinski definition) is 2. The summed E-state index contributed by atoms with van der Waals surface area (Å²) in [5, 5.41) is 12.4. The van der Waals surface area contributed by atoms with Gasteiger partial charge in [0.05, 0.1) is 4.88 Å². The molecule has 0 aliphatic heterocycles. The summed E-state index contributed by atoms with van der Waals surface area (Å²) in [6.45, 7) is 2.56. The molecular weight excluding hydrogens is 289 g/mol. The molecule has 0 amide bonds. The fraction of sp³-hybridized carbons (Fsp3) is 0.308. The van der Waals surface area contributed by atoms with E-state index in [1.165, 1.54) is 12.1 Å².